The van der Waals surface area contributed by atoms with Crippen molar-refractivity contribution in [1.29, 1.82) is 0 Å². The van der Waals surface area contributed by atoms with Gasteiger partial charge in [-0.1, -0.05) is 0 Å². The van der Waals surface area contributed by atoms with Gasteiger partial charge in [0.2, 0.25) is 0 Å². The predicted molar refractivity (Wildman–Crippen MR) is 65.4 cm³/mol. The number of nitrogens with two attached hydrogens (primary N) is 1. The summed E-state index contributed by atoms with van der Waals surface area (Å²) in [6.45, 7) is 5.91. The van der Waals surface area contributed by atoms with Gasteiger partial charge in [-0.2, -0.15) is 0 Å². The van der Waals surface area contributed by atoms with E-state index in [0.717, 1.165) is 36.6 Å². The van der Waals surface area contributed by atoms with Crippen molar-refractivity contribution in [2.45, 2.75) is 26.4 Å². The summed E-state index contributed by atoms with van der Waals surface area (Å²) in [7, 11) is 0. The van der Waals surface area contributed by atoms with Gasteiger partial charge < -0.3 is 15.8 Å². The highest BCUT2D eigenvalue weighted by Gasteiger charge is 2.23. The molecule has 0 bridgehead atoms. The van der Waals surface area contributed by atoms with Gasteiger partial charge in [-0.3, -0.25) is 0 Å². The highest BCUT2D eigenvalue weighted by molar-refractivity contribution is 5.50. The number of nitrogens with zero attached hydrogens (tertiary/aromatic N) is 1. The molecule has 1 aliphatic heterocycles. The molecule has 2 heterocycles. The van der Waals surface area contributed by atoms with Crippen LogP contribution in [0, 0.1) is 12.8 Å². The molecule has 2 rings (SSSR count). The fourth-order valence-electron chi connectivity index (χ4n) is 1.94. The summed E-state index contributed by atoms with van der Waals surface area (Å²) >= 11 is 0. The summed E-state index contributed by atoms with van der Waals surface area (Å²) in [5, 5.41) is 3.34. The van der Waals surface area contributed by atoms with Gasteiger partial charge in [-0.15, -0.1) is 0 Å². The molecule has 88 valence electrons. The Morgan fingerprint density at radius 1 is 1.62 bits per heavy atom. The van der Waals surface area contributed by atoms with E-state index in [1.165, 1.54) is 0 Å². The Kier molecular flexibility index (Phi) is 3.29. The number of rotatable bonds is 3. The maximum Gasteiger partial charge on any atom is 0.126 e. The molecule has 16 heavy (non-hydrogen) atoms. The summed E-state index contributed by atoms with van der Waals surface area (Å²) < 4.78 is 5.52. The molecule has 1 aromatic rings. The Labute approximate surface area is 96.2 Å². The lowest BCUT2D eigenvalue weighted by Crippen LogP contribution is -2.21. The number of hydrogen-bond acceptors (Lipinski definition) is 4. The molecule has 1 saturated heterocycles. The summed E-state index contributed by atoms with van der Waals surface area (Å²) in [5.41, 5.74) is 7.52. The van der Waals surface area contributed by atoms with E-state index >= 15 is 0 Å². The molecule has 4 heteroatoms. The molecular formula is C12H19N3O. The molecule has 1 aromatic heterocycles. The van der Waals surface area contributed by atoms with Crippen LogP contribution in [0.2, 0.25) is 0 Å². The molecule has 2 unspecified atom stereocenters. The molecule has 1 fully saturated rings. The monoisotopic (exact) mass is 221 g/mol. The molecule has 1 aliphatic rings. The first-order valence-electron chi connectivity index (χ1n) is 5.74. The number of aromatic nitrogens is 1. The number of nitrogens with one attached hydrogen (secondary N) is 1. The topological polar surface area (TPSA) is 60.2 Å². The molecule has 2 atom stereocenters. The van der Waals surface area contributed by atoms with Crippen molar-refractivity contribution in [3.8, 4) is 0 Å². The summed E-state index contributed by atoms with van der Waals surface area (Å²) in [5.74, 6) is 1.48. The highest BCUT2D eigenvalue weighted by Crippen LogP contribution is 2.21. The molecule has 0 radical (unpaired) electrons. The number of nitrogen functional groups attached to an aromatic ring is 1. The molecule has 0 aliphatic carbocycles. The van der Waals surface area contributed by atoms with E-state index in [1.807, 2.05) is 13.0 Å². The third-order valence-electron chi connectivity index (χ3n) is 3.23. The SMILES string of the molecule is Cc1cc(NCC2CCOC2C)ncc1N. The van der Waals surface area contributed by atoms with Gasteiger partial charge in [0.25, 0.3) is 0 Å². The summed E-state index contributed by atoms with van der Waals surface area (Å²) in [6.07, 6.45) is 3.18. The first-order chi connectivity index (χ1) is 7.66. The average molecular weight is 221 g/mol. The summed E-state index contributed by atoms with van der Waals surface area (Å²) in [4.78, 5) is 4.25. The van der Waals surface area contributed by atoms with Crippen molar-refractivity contribution >= 4 is 11.5 Å². The Morgan fingerprint density at radius 3 is 3.06 bits per heavy atom. The lowest BCUT2D eigenvalue weighted by Gasteiger charge is -2.15. The minimum atomic E-state index is 0.349. The van der Waals surface area contributed by atoms with Crippen molar-refractivity contribution in [2.24, 2.45) is 5.92 Å². The van der Waals surface area contributed by atoms with E-state index in [0.29, 0.717) is 12.0 Å². The quantitative estimate of drug-likeness (QED) is 0.817. The van der Waals surface area contributed by atoms with E-state index in [-0.39, 0.29) is 0 Å². The van der Waals surface area contributed by atoms with E-state index in [1.54, 1.807) is 6.20 Å². The highest BCUT2D eigenvalue weighted by atomic mass is 16.5. The fraction of sp³-hybridized carbons (Fsp3) is 0.583. The first kappa shape index (κ1) is 11.2. The first-order valence-corrected chi connectivity index (χ1v) is 5.74. The molecular weight excluding hydrogens is 202 g/mol. The maximum absolute atomic E-state index is 5.72. The van der Waals surface area contributed by atoms with Gasteiger partial charge in [0.05, 0.1) is 18.0 Å². The van der Waals surface area contributed by atoms with Crippen LogP contribution in [0.3, 0.4) is 0 Å². The van der Waals surface area contributed by atoms with Crippen LogP contribution in [-0.4, -0.2) is 24.2 Å². The smallest absolute Gasteiger partial charge is 0.126 e. The van der Waals surface area contributed by atoms with Crippen LogP contribution < -0.4 is 11.1 Å². The van der Waals surface area contributed by atoms with E-state index in [4.69, 9.17) is 10.5 Å². The number of anilines is 2. The Hall–Kier alpha value is -1.29. The molecule has 3 N–H and O–H groups in total. The lowest BCUT2D eigenvalue weighted by atomic mass is 10.0. The van der Waals surface area contributed by atoms with Crippen LogP contribution in [0.1, 0.15) is 18.9 Å². The predicted octanol–water partition coefficient (Wildman–Crippen LogP) is 1.81. The van der Waals surface area contributed by atoms with Gasteiger partial charge >= 0.3 is 0 Å². The number of hydrogen-bond donors (Lipinski definition) is 2. The standard InChI is InChI=1S/C12H19N3O/c1-8-5-12(15-7-11(8)13)14-6-10-3-4-16-9(10)2/h5,7,9-10H,3-4,6,13H2,1-2H3,(H,14,15). The zero-order chi connectivity index (χ0) is 11.5. The van der Waals surface area contributed by atoms with Gasteiger partial charge in [0.1, 0.15) is 5.82 Å². The zero-order valence-electron chi connectivity index (χ0n) is 9.86. The minimum absolute atomic E-state index is 0.349. The van der Waals surface area contributed by atoms with Crippen molar-refractivity contribution in [3.63, 3.8) is 0 Å². The normalized spacial score (nSPS) is 24.6. The van der Waals surface area contributed by atoms with Crippen LogP contribution in [0.4, 0.5) is 11.5 Å². The van der Waals surface area contributed by atoms with Crippen LogP contribution in [0.15, 0.2) is 12.3 Å². The number of aryl methyl sites for hydroxylation is 1. The van der Waals surface area contributed by atoms with Crippen molar-refractivity contribution in [2.75, 3.05) is 24.2 Å². The maximum atomic E-state index is 5.72. The third-order valence-corrected chi connectivity index (χ3v) is 3.23. The molecule has 4 nitrogen and oxygen atoms in total. The Morgan fingerprint density at radius 2 is 2.44 bits per heavy atom. The number of pyridine rings is 1. The van der Waals surface area contributed by atoms with Crippen LogP contribution >= 0.6 is 0 Å². The minimum Gasteiger partial charge on any atom is -0.397 e. The van der Waals surface area contributed by atoms with Crippen LogP contribution in [0.25, 0.3) is 0 Å². The van der Waals surface area contributed by atoms with Gasteiger partial charge in [0, 0.05) is 19.1 Å². The van der Waals surface area contributed by atoms with Gasteiger partial charge in [-0.05, 0) is 31.9 Å². The number of ether oxygens (including phenoxy) is 1. The molecule has 0 amide bonds. The Bertz CT molecular complexity index is 367. The third kappa shape index (κ3) is 2.44. The molecule has 0 aromatic carbocycles. The fourth-order valence-corrected chi connectivity index (χ4v) is 1.94. The van der Waals surface area contributed by atoms with E-state index in [2.05, 4.69) is 17.2 Å². The van der Waals surface area contributed by atoms with Gasteiger partial charge in [0.15, 0.2) is 0 Å². The second kappa shape index (κ2) is 4.70. The average Bonchev–Trinajstić information content (AvgIpc) is 2.66. The van der Waals surface area contributed by atoms with Crippen molar-refractivity contribution in [3.05, 3.63) is 17.8 Å². The molecule has 0 saturated carbocycles. The second-order valence-corrected chi connectivity index (χ2v) is 4.43. The van der Waals surface area contributed by atoms with Gasteiger partial charge in [-0.25, -0.2) is 4.98 Å². The lowest BCUT2D eigenvalue weighted by molar-refractivity contribution is 0.108. The zero-order valence-corrected chi connectivity index (χ0v) is 9.86. The Balaban J connectivity index is 1.91. The summed E-state index contributed by atoms with van der Waals surface area (Å²) in [6, 6.07) is 1.98. The molecule has 0 spiro atoms. The van der Waals surface area contributed by atoms with E-state index < -0.39 is 0 Å². The van der Waals surface area contributed by atoms with Crippen molar-refractivity contribution in [1.82, 2.24) is 4.98 Å². The van der Waals surface area contributed by atoms with Crippen LogP contribution in [0.5, 0.6) is 0 Å². The van der Waals surface area contributed by atoms with E-state index in [9.17, 15) is 0 Å². The van der Waals surface area contributed by atoms with Crippen LogP contribution in [-0.2, 0) is 4.74 Å². The van der Waals surface area contributed by atoms with Crippen molar-refractivity contribution < 1.29 is 4.74 Å². The second-order valence-electron chi connectivity index (χ2n) is 4.43. The largest absolute Gasteiger partial charge is 0.397 e.